The average Bonchev–Trinajstić information content (AvgIpc) is 2.89. The minimum atomic E-state index is -3.81. The van der Waals surface area contributed by atoms with E-state index in [9.17, 15) is 8.42 Å². The predicted octanol–water partition coefficient (Wildman–Crippen LogP) is 5.99. The first kappa shape index (κ1) is 25.9. The first-order valence-corrected chi connectivity index (χ1v) is 13.9. The fourth-order valence-corrected chi connectivity index (χ4v) is 6.08. The van der Waals surface area contributed by atoms with Crippen LogP contribution in [0.5, 0.6) is 5.75 Å². The lowest BCUT2D eigenvalue weighted by molar-refractivity contribution is 0.322. The zero-order valence-corrected chi connectivity index (χ0v) is 22.8. The highest BCUT2D eigenvalue weighted by Crippen LogP contribution is 2.43. The quantitative estimate of drug-likeness (QED) is 0.281. The second kappa shape index (κ2) is 10.2. The fraction of sp³-hybridized carbons (Fsp3) is 0.267. The molecule has 1 heterocycles. The Labute approximate surface area is 224 Å². The molecule has 0 saturated heterocycles. The molecular formula is C30H31N3O4S. The molecule has 1 aliphatic rings. The maximum Gasteiger partial charge on any atom is 0.297 e. The minimum absolute atomic E-state index is 0.0317. The SMILES string of the molecule is COc1ccc2c(c1)-c1nc(Nc3cccc(CCOS(=O)(=O)c4ccccc4C)c3)ncc1CC2(C)C. The highest BCUT2D eigenvalue weighted by Gasteiger charge is 2.32. The van der Waals surface area contributed by atoms with Crippen LogP contribution in [0.25, 0.3) is 11.3 Å². The van der Waals surface area contributed by atoms with Gasteiger partial charge in [-0.05, 0) is 77.8 Å². The monoisotopic (exact) mass is 529 g/mol. The maximum atomic E-state index is 12.6. The van der Waals surface area contributed by atoms with Crippen molar-refractivity contribution in [1.82, 2.24) is 9.97 Å². The smallest absolute Gasteiger partial charge is 0.297 e. The first-order valence-electron chi connectivity index (χ1n) is 12.5. The van der Waals surface area contributed by atoms with Gasteiger partial charge in [0.05, 0.1) is 24.3 Å². The number of hydrogen-bond acceptors (Lipinski definition) is 7. The van der Waals surface area contributed by atoms with Gasteiger partial charge in [0.1, 0.15) is 5.75 Å². The van der Waals surface area contributed by atoms with Crippen molar-refractivity contribution in [2.45, 2.75) is 43.9 Å². The van der Waals surface area contributed by atoms with Crippen LogP contribution in [-0.2, 0) is 32.6 Å². The lowest BCUT2D eigenvalue weighted by Crippen LogP contribution is -2.26. The van der Waals surface area contributed by atoms with Crippen molar-refractivity contribution in [3.63, 3.8) is 0 Å². The Morgan fingerprint density at radius 2 is 1.84 bits per heavy atom. The highest BCUT2D eigenvalue weighted by atomic mass is 32.2. The average molecular weight is 530 g/mol. The molecule has 5 rings (SSSR count). The summed E-state index contributed by atoms with van der Waals surface area (Å²) >= 11 is 0. The van der Waals surface area contributed by atoms with Crippen molar-refractivity contribution < 1.29 is 17.3 Å². The molecule has 3 aromatic carbocycles. The van der Waals surface area contributed by atoms with Crippen LogP contribution in [0.2, 0.25) is 0 Å². The molecule has 0 fully saturated rings. The molecule has 0 unspecified atom stereocenters. The molecule has 8 heteroatoms. The summed E-state index contributed by atoms with van der Waals surface area (Å²) < 4.78 is 35.9. The summed E-state index contributed by atoms with van der Waals surface area (Å²) in [5.41, 5.74) is 6.67. The van der Waals surface area contributed by atoms with Crippen molar-refractivity contribution in [3.05, 3.63) is 95.2 Å². The summed E-state index contributed by atoms with van der Waals surface area (Å²) in [5, 5.41) is 3.30. The molecule has 1 N–H and O–H groups in total. The van der Waals surface area contributed by atoms with Gasteiger partial charge >= 0.3 is 0 Å². The van der Waals surface area contributed by atoms with Gasteiger partial charge in [0.2, 0.25) is 5.95 Å². The Morgan fingerprint density at radius 3 is 2.63 bits per heavy atom. The summed E-state index contributed by atoms with van der Waals surface area (Å²) in [4.78, 5) is 9.65. The summed E-state index contributed by atoms with van der Waals surface area (Å²) in [6.07, 6.45) is 3.18. The van der Waals surface area contributed by atoms with Crippen molar-refractivity contribution >= 4 is 21.8 Å². The Bertz CT molecular complexity index is 1600. The number of aryl methyl sites for hydroxylation is 1. The van der Waals surface area contributed by atoms with E-state index in [1.807, 2.05) is 42.6 Å². The Balaban J connectivity index is 1.32. The molecule has 0 bridgehead atoms. The number of anilines is 2. The van der Waals surface area contributed by atoms with Crippen LogP contribution in [0, 0.1) is 6.92 Å². The number of ether oxygens (including phenoxy) is 1. The van der Waals surface area contributed by atoms with Crippen molar-refractivity contribution in [2.24, 2.45) is 0 Å². The summed E-state index contributed by atoms with van der Waals surface area (Å²) in [7, 11) is -2.14. The van der Waals surface area contributed by atoms with Gasteiger partial charge in [-0.3, -0.25) is 4.18 Å². The molecule has 0 aliphatic heterocycles. The summed E-state index contributed by atoms with van der Waals surface area (Å²) in [6, 6.07) is 20.7. The predicted molar refractivity (Wildman–Crippen MR) is 148 cm³/mol. The van der Waals surface area contributed by atoms with Gasteiger partial charge in [-0.15, -0.1) is 0 Å². The number of hydrogen-bond donors (Lipinski definition) is 1. The standard InChI is InChI=1S/C30H31N3O4S/c1-20-8-5-6-11-27(20)38(34,35)37-15-14-21-9-7-10-23(16-21)32-29-31-19-22-18-30(2,3)26-13-12-24(36-4)17-25(26)28(22)33-29/h5-13,16-17,19H,14-15,18H2,1-4H3,(H,31,32,33). The van der Waals surface area contributed by atoms with Crippen LogP contribution in [0.3, 0.4) is 0 Å². The number of benzene rings is 3. The van der Waals surface area contributed by atoms with Gasteiger partial charge in [0.25, 0.3) is 10.1 Å². The van der Waals surface area contributed by atoms with Gasteiger partial charge in [0.15, 0.2) is 0 Å². The van der Waals surface area contributed by atoms with Crippen molar-refractivity contribution in [3.8, 4) is 17.0 Å². The third kappa shape index (κ3) is 5.28. The third-order valence-corrected chi connectivity index (χ3v) is 8.36. The number of fused-ring (bicyclic) bond motifs is 3. The Hall–Kier alpha value is -3.75. The van der Waals surface area contributed by atoms with Crippen LogP contribution >= 0.6 is 0 Å². The van der Waals surface area contributed by atoms with Gasteiger partial charge in [-0.25, -0.2) is 9.97 Å². The number of aromatic nitrogens is 2. The van der Waals surface area contributed by atoms with Gasteiger partial charge < -0.3 is 10.1 Å². The molecular weight excluding hydrogens is 498 g/mol. The van der Waals surface area contributed by atoms with Crippen LogP contribution in [0.15, 0.2) is 77.8 Å². The summed E-state index contributed by atoms with van der Waals surface area (Å²) in [6.45, 7) is 6.26. The van der Waals surface area contributed by atoms with Gasteiger partial charge in [-0.1, -0.05) is 50.2 Å². The molecule has 0 saturated carbocycles. The molecule has 196 valence electrons. The highest BCUT2D eigenvalue weighted by molar-refractivity contribution is 7.86. The van der Waals surface area contributed by atoms with E-state index >= 15 is 0 Å². The largest absolute Gasteiger partial charge is 0.497 e. The topological polar surface area (TPSA) is 90.4 Å². The van der Waals surface area contributed by atoms with Crippen LogP contribution in [0.1, 0.15) is 36.1 Å². The molecule has 0 spiro atoms. The lowest BCUT2D eigenvalue weighted by atomic mass is 9.72. The summed E-state index contributed by atoms with van der Waals surface area (Å²) in [5.74, 6) is 1.28. The Kier molecular flexibility index (Phi) is 6.94. The minimum Gasteiger partial charge on any atom is -0.497 e. The van der Waals surface area contributed by atoms with E-state index in [0.717, 1.165) is 40.2 Å². The number of rotatable bonds is 8. The van der Waals surface area contributed by atoms with E-state index in [4.69, 9.17) is 13.9 Å². The van der Waals surface area contributed by atoms with E-state index in [1.54, 1.807) is 38.3 Å². The zero-order chi connectivity index (χ0) is 26.9. The van der Waals surface area contributed by atoms with Crippen molar-refractivity contribution in [1.29, 1.82) is 0 Å². The van der Waals surface area contributed by atoms with Crippen LogP contribution in [-0.4, -0.2) is 32.1 Å². The zero-order valence-electron chi connectivity index (χ0n) is 22.0. The molecule has 1 aromatic heterocycles. The maximum absolute atomic E-state index is 12.6. The van der Waals surface area contributed by atoms with Crippen LogP contribution in [0.4, 0.5) is 11.6 Å². The fourth-order valence-electron chi connectivity index (χ4n) is 4.94. The number of methoxy groups -OCH3 is 1. The van der Waals surface area contributed by atoms with E-state index < -0.39 is 10.1 Å². The van der Waals surface area contributed by atoms with Crippen LogP contribution < -0.4 is 10.1 Å². The molecule has 7 nitrogen and oxygen atoms in total. The van der Waals surface area contributed by atoms with Gasteiger partial charge in [-0.2, -0.15) is 8.42 Å². The second-order valence-electron chi connectivity index (χ2n) is 10.2. The van der Waals surface area contributed by atoms with E-state index in [2.05, 4.69) is 30.2 Å². The lowest BCUT2D eigenvalue weighted by Gasteiger charge is -2.33. The molecule has 1 aliphatic carbocycles. The second-order valence-corrected chi connectivity index (χ2v) is 11.7. The van der Waals surface area contributed by atoms with E-state index in [0.29, 0.717) is 17.9 Å². The normalized spacial score (nSPS) is 13.9. The molecule has 0 atom stereocenters. The first-order chi connectivity index (χ1) is 18.2. The molecule has 38 heavy (non-hydrogen) atoms. The third-order valence-electron chi connectivity index (χ3n) is 6.88. The Morgan fingerprint density at radius 1 is 1.03 bits per heavy atom. The molecule has 4 aromatic rings. The van der Waals surface area contributed by atoms with Crippen molar-refractivity contribution in [2.75, 3.05) is 19.0 Å². The van der Waals surface area contributed by atoms with E-state index in [-0.39, 0.29) is 16.9 Å². The number of nitrogens with one attached hydrogen (secondary N) is 1. The van der Waals surface area contributed by atoms with E-state index in [1.165, 1.54) is 5.56 Å². The molecule has 0 amide bonds. The van der Waals surface area contributed by atoms with Gasteiger partial charge in [0, 0.05) is 17.4 Å². The molecule has 0 radical (unpaired) electrons. The number of nitrogens with zero attached hydrogens (tertiary/aromatic N) is 2.